The number of benzene rings is 1. The normalized spacial score (nSPS) is 13.1. The average Bonchev–Trinajstić information content (AvgIpc) is 2.17. The Morgan fingerprint density at radius 2 is 1.94 bits per heavy atom. The van der Waals surface area contributed by atoms with Gasteiger partial charge < -0.3 is 5.73 Å². The van der Waals surface area contributed by atoms with Crippen LogP contribution in [0.25, 0.3) is 0 Å². The minimum absolute atomic E-state index is 0. The molecule has 0 unspecified atom stereocenters. The average molecular weight is 288 g/mol. The minimum Gasteiger partial charge on any atom is -0.324 e. The smallest absolute Gasteiger partial charge is 0.324 e. The van der Waals surface area contributed by atoms with Gasteiger partial charge in [-0.3, -0.25) is 0 Å². The van der Waals surface area contributed by atoms with Crippen molar-refractivity contribution in [2.24, 2.45) is 5.73 Å². The fraction of sp³-hybridized carbons (Fsp3) is 0.455. The third-order valence-electron chi connectivity index (χ3n) is 2.35. The van der Waals surface area contributed by atoms with Crippen LogP contribution in [0, 0.1) is 6.92 Å². The standard InChI is InChI=1S/C11H13ClF3N.ClH/c1-7-6-8(2-3-9(7)12)10(16)4-5-11(13,14)15;/h2-3,6,10H,4-5,16H2,1H3;1H/t10-;/m1./s1. The molecule has 1 atom stereocenters. The molecule has 0 aliphatic carbocycles. The van der Waals surface area contributed by atoms with Crippen molar-refractivity contribution in [3.8, 4) is 0 Å². The summed E-state index contributed by atoms with van der Waals surface area (Å²) in [4.78, 5) is 0. The van der Waals surface area contributed by atoms with Crippen molar-refractivity contribution in [3.63, 3.8) is 0 Å². The van der Waals surface area contributed by atoms with E-state index < -0.39 is 18.6 Å². The van der Waals surface area contributed by atoms with E-state index in [1.54, 1.807) is 25.1 Å². The fourth-order valence-corrected chi connectivity index (χ4v) is 1.50. The van der Waals surface area contributed by atoms with Gasteiger partial charge in [-0.1, -0.05) is 23.7 Å². The SMILES string of the molecule is Cc1cc([C@H](N)CCC(F)(F)F)ccc1Cl.Cl. The van der Waals surface area contributed by atoms with Crippen LogP contribution in [0.4, 0.5) is 13.2 Å². The molecule has 1 nitrogen and oxygen atoms in total. The summed E-state index contributed by atoms with van der Waals surface area (Å²) in [5.74, 6) is 0. The zero-order valence-corrected chi connectivity index (χ0v) is 10.8. The van der Waals surface area contributed by atoms with E-state index in [0.717, 1.165) is 5.56 Å². The van der Waals surface area contributed by atoms with Gasteiger partial charge in [0.2, 0.25) is 0 Å². The van der Waals surface area contributed by atoms with E-state index in [0.29, 0.717) is 10.6 Å². The Kier molecular flexibility index (Phi) is 6.30. The van der Waals surface area contributed by atoms with Gasteiger partial charge in [-0.05, 0) is 30.5 Å². The van der Waals surface area contributed by atoms with E-state index in [-0.39, 0.29) is 18.8 Å². The first kappa shape index (κ1) is 16.6. The molecule has 0 spiro atoms. The van der Waals surface area contributed by atoms with Gasteiger partial charge in [0.1, 0.15) is 0 Å². The van der Waals surface area contributed by atoms with Crippen molar-refractivity contribution < 1.29 is 13.2 Å². The van der Waals surface area contributed by atoms with Crippen LogP contribution in [0.2, 0.25) is 5.02 Å². The van der Waals surface area contributed by atoms with Crippen molar-refractivity contribution in [3.05, 3.63) is 34.3 Å². The van der Waals surface area contributed by atoms with Crippen LogP contribution in [0.5, 0.6) is 0 Å². The highest BCUT2D eigenvalue weighted by Crippen LogP contribution is 2.27. The molecule has 0 bridgehead atoms. The molecule has 1 rings (SSSR count). The number of rotatable bonds is 3. The third-order valence-corrected chi connectivity index (χ3v) is 2.77. The quantitative estimate of drug-likeness (QED) is 0.875. The van der Waals surface area contributed by atoms with Gasteiger partial charge in [0.25, 0.3) is 0 Å². The van der Waals surface area contributed by atoms with Crippen LogP contribution < -0.4 is 5.73 Å². The van der Waals surface area contributed by atoms with E-state index >= 15 is 0 Å². The summed E-state index contributed by atoms with van der Waals surface area (Å²) in [5, 5.41) is 0.590. The maximum absolute atomic E-state index is 12.0. The first-order valence-electron chi connectivity index (χ1n) is 4.88. The largest absolute Gasteiger partial charge is 0.389 e. The lowest BCUT2D eigenvalue weighted by molar-refractivity contribution is -0.136. The second kappa shape index (κ2) is 6.47. The van der Waals surface area contributed by atoms with Crippen LogP contribution in [0.15, 0.2) is 18.2 Å². The fourth-order valence-electron chi connectivity index (χ4n) is 1.38. The zero-order valence-electron chi connectivity index (χ0n) is 9.22. The summed E-state index contributed by atoms with van der Waals surface area (Å²) in [5.41, 5.74) is 7.19. The van der Waals surface area contributed by atoms with Gasteiger partial charge in [0.05, 0.1) is 0 Å². The Hall–Kier alpha value is -0.450. The van der Waals surface area contributed by atoms with E-state index in [1.165, 1.54) is 0 Å². The second-order valence-electron chi connectivity index (χ2n) is 3.77. The van der Waals surface area contributed by atoms with Crippen LogP contribution >= 0.6 is 24.0 Å². The molecular weight excluding hydrogens is 274 g/mol. The lowest BCUT2D eigenvalue weighted by Gasteiger charge is -2.14. The van der Waals surface area contributed by atoms with Crippen molar-refractivity contribution in [1.29, 1.82) is 0 Å². The number of halogens is 5. The van der Waals surface area contributed by atoms with E-state index in [2.05, 4.69) is 0 Å². The van der Waals surface area contributed by atoms with Gasteiger partial charge in [-0.25, -0.2) is 0 Å². The Balaban J connectivity index is 0.00000256. The Morgan fingerprint density at radius 3 is 2.41 bits per heavy atom. The molecule has 1 aromatic rings. The van der Waals surface area contributed by atoms with Gasteiger partial charge in [0, 0.05) is 17.5 Å². The molecule has 0 amide bonds. The number of alkyl halides is 3. The Bertz CT molecular complexity index is 366. The van der Waals surface area contributed by atoms with Crippen molar-refractivity contribution in [2.75, 3.05) is 0 Å². The maximum atomic E-state index is 12.0. The molecule has 17 heavy (non-hydrogen) atoms. The summed E-state index contributed by atoms with van der Waals surface area (Å²) in [6.07, 6.45) is -5.13. The molecule has 0 aliphatic rings. The summed E-state index contributed by atoms with van der Waals surface area (Å²) in [6.45, 7) is 1.79. The topological polar surface area (TPSA) is 26.0 Å². The molecule has 0 aromatic heterocycles. The Labute approximate surface area is 110 Å². The summed E-state index contributed by atoms with van der Waals surface area (Å²) in [6, 6.07) is 4.44. The summed E-state index contributed by atoms with van der Waals surface area (Å²) in [7, 11) is 0. The van der Waals surface area contributed by atoms with Gasteiger partial charge in [-0.15, -0.1) is 12.4 Å². The molecule has 1 aromatic carbocycles. The van der Waals surface area contributed by atoms with Crippen LogP contribution in [-0.4, -0.2) is 6.18 Å². The second-order valence-corrected chi connectivity index (χ2v) is 4.18. The van der Waals surface area contributed by atoms with Crippen molar-refractivity contribution in [2.45, 2.75) is 32.0 Å². The van der Waals surface area contributed by atoms with Crippen LogP contribution in [0.1, 0.15) is 30.0 Å². The Morgan fingerprint density at radius 1 is 1.35 bits per heavy atom. The summed E-state index contributed by atoms with van der Waals surface area (Å²) >= 11 is 5.81. The molecule has 0 aliphatic heterocycles. The maximum Gasteiger partial charge on any atom is 0.389 e. The van der Waals surface area contributed by atoms with E-state index in [4.69, 9.17) is 17.3 Å². The first-order chi connectivity index (χ1) is 7.29. The monoisotopic (exact) mass is 287 g/mol. The number of nitrogens with two attached hydrogens (primary N) is 1. The van der Waals surface area contributed by atoms with Crippen molar-refractivity contribution in [1.82, 2.24) is 0 Å². The van der Waals surface area contributed by atoms with Crippen LogP contribution in [-0.2, 0) is 0 Å². The molecule has 0 saturated carbocycles. The zero-order chi connectivity index (χ0) is 12.3. The van der Waals surface area contributed by atoms with E-state index in [9.17, 15) is 13.2 Å². The highest BCUT2D eigenvalue weighted by molar-refractivity contribution is 6.31. The number of hydrogen-bond donors (Lipinski definition) is 1. The molecule has 0 heterocycles. The van der Waals surface area contributed by atoms with Gasteiger partial charge >= 0.3 is 6.18 Å². The van der Waals surface area contributed by atoms with Gasteiger partial charge in [0.15, 0.2) is 0 Å². The van der Waals surface area contributed by atoms with E-state index in [1.807, 2.05) is 0 Å². The van der Waals surface area contributed by atoms with Crippen molar-refractivity contribution >= 4 is 24.0 Å². The third kappa shape index (κ3) is 5.61. The molecule has 0 fully saturated rings. The molecule has 6 heteroatoms. The molecule has 2 N–H and O–H groups in total. The lowest BCUT2D eigenvalue weighted by atomic mass is 10.0. The van der Waals surface area contributed by atoms with Crippen LogP contribution in [0.3, 0.4) is 0 Å². The summed E-state index contributed by atoms with van der Waals surface area (Å²) < 4.78 is 36.0. The highest BCUT2D eigenvalue weighted by Gasteiger charge is 2.27. The lowest BCUT2D eigenvalue weighted by Crippen LogP contribution is -2.15. The minimum atomic E-state index is -4.15. The first-order valence-corrected chi connectivity index (χ1v) is 5.26. The number of aryl methyl sites for hydroxylation is 1. The molecule has 98 valence electrons. The molecular formula is C11H14Cl2F3N. The molecule has 0 radical (unpaired) electrons. The molecule has 0 saturated heterocycles. The van der Waals surface area contributed by atoms with Gasteiger partial charge in [-0.2, -0.15) is 13.2 Å². The highest BCUT2D eigenvalue weighted by atomic mass is 35.5. The number of hydrogen-bond acceptors (Lipinski definition) is 1. The predicted molar refractivity (Wildman–Crippen MR) is 65.7 cm³/mol. The predicted octanol–water partition coefficient (Wildman–Crippen LogP) is 4.41.